The molecule has 0 saturated heterocycles. The number of Topliss-reactive ketones (excluding diaryl/α,β-unsaturated/α-hetero) is 1. The standard InChI is InChI=1S/C16H20N2O2/c1-4-18(5-2)11-14(19)12-8-9-15(20-3)16-13(12)7-6-10-17-16/h6-10H,4-5,11H2,1-3H3. The van der Waals surface area contributed by atoms with Crippen molar-refractivity contribution in [1.82, 2.24) is 9.88 Å². The summed E-state index contributed by atoms with van der Waals surface area (Å²) in [6, 6.07) is 7.40. The molecule has 0 amide bonds. The first-order valence-electron chi connectivity index (χ1n) is 6.88. The lowest BCUT2D eigenvalue weighted by atomic mass is 10.0. The minimum absolute atomic E-state index is 0.120. The molecule has 0 bridgehead atoms. The maximum atomic E-state index is 12.5. The molecule has 20 heavy (non-hydrogen) atoms. The number of carbonyl (C=O) groups is 1. The Kier molecular flexibility index (Phi) is 4.69. The van der Waals surface area contributed by atoms with Crippen LogP contribution < -0.4 is 4.74 Å². The van der Waals surface area contributed by atoms with Gasteiger partial charge in [-0.05, 0) is 31.3 Å². The highest BCUT2D eigenvalue weighted by molar-refractivity contribution is 6.09. The van der Waals surface area contributed by atoms with E-state index in [4.69, 9.17) is 4.74 Å². The van der Waals surface area contributed by atoms with Crippen LogP contribution in [0.4, 0.5) is 0 Å². The number of carbonyl (C=O) groups excluding carboxylic acids is 1. The van der Waals surface area contributed by atoms with Crippen LogP contribution in [0.3, 0.4) is 0 Å². The van der Waals surface area contributed by atoms with Gasteiger partial charge in [-0.15, -0.1) is 0 Å². The van der Waals surface area contributed by atoms with Crippen molar-refractivity contribution < 1.29 is 9.53 Å². The summed E-state index contributed by atoms with van der Waals surface area (Å²) in [4.78, 5) is 18.9. The minimum Gasteiger partial charge on any atom is -0.494 e. The van der Waals surface area contributed by atoms with Gasteiger partial charge in [0.05, 0.1) is 13.7 Å². The van der Waals surface area contributed by atoms with Gasteiger partial charge in [-0.3, -0.25) is 14.7 Å². The zero-order valence-corrected chi connectivity index (χ0v) is 12.2. The van der Waals surface area contributed by atoms with Gasteiger partial charge in [-0.25, -0.2) is 0 Å². The first-order chi connectivity index (χ1) is 9.71. The van der Waals surface area contributed by atoms with Crippen molar-refractivity contribution in [2.45, 2.75) is 13.8 Å². The lowest BCUT2D eigenvalue weighted by molar-refractivity contribution is 0.0939. The SMILES string of the molecule is CCN(CC)CC(=O)c1ccc(OC)c2ncccc12. The number of benzene rings is 1. The molecule has 4 nitrogen and oxygen atoms in total. The molecular weight excluding hydrogens is 252 g/mol. The van der Waals surface area contributed by atoms with Crippen LogP contribution in [0.5, 0.6) is 5.75 Å². The highest BCUT2D eigenvalue weighted by Crippen LogP contribution is 2.26. The molecule has 1 aromatic carbocycles. The number of likely N-dealkylation sites (N-methyl/N-ethyl adjacent to an activating group) is 1. The lowest BCUT2D eigenvalue weighted by Gasteiger charge is -2.17. The summed E-state index contributed by atoms with van der Waals surface area (Å²) in [6.07, 6.45) is 1.71. The van der Waals surface area contributed by atoms with E-state index in [2.05, 4.69) is 23.7 Å². The van der Waals surface area contributed by atoms with E-state index in [0.29, 0.717) is 17.9 Å². The van der Waals surface area contributed by atoms with Gasteiger partial charge in [0.2, 0.25) is 0 Å². The van der Waals surface area contributed by atoms with E-state index in [-0.39, 0.29) is 5.78 Å². The number of ether oxygens (including phenoxy) is 1. The smallest absolute Gasteiger partial charge is 0.177 e. The maximum absolute atomic E-state index is 12.5. The Morgan fingerprint density at radius 2 is 2.00 bits per heavy atom. The molecule has 0 aliphatic heterocycles. The van der Waals surface area contributed by atoms with Gasteiger partial charge in [0.1, 0.15) is 11.3 Å². The summed E-state index contributed by atoms with van der Waals surface area (Å²) in [5.41, 5.74) is 1.45. The second-order valence-corrected chi connectivity index (χ2v) is 4.60. The summed E-state index contributed by atoms with van der Waals surface area (Å²) in [5, 5.41) is 0.851. The Balaban J connectivity index is 2.42. The molecule has 2 aromatic rings. The van der Waals surface area contributed by atoms with E-state index in [1.54, 1.807) is 13.3 Å². The highest BCUT2D eigenvalue weighted by atomic mass is 16.5. The Bertz CT molecular complexity index is 606. The zero-order chi connectivity index (χ0) is 14.5. The van der Waals surface area contributed by atoms with Crippen LogP contribution in [0.25, 0.3) is 10.9 Å². The zero-order valence-electron chi connectivity index (χ0n) is 12.2. The number of methoxy groups -OCH3 is 1. The van der Waals surface area contributed by atoms with Gasteiger partial charge >= 0.3 is 0 Å². The Morgan fingerprint density at radius 1 is 1.25 bits per heavy atom. The molecular formula is C16H20N2O2. The lowest BCUT2D eigenvalue weighted by Crippen LogP contribution is -2.29. The minimum atomic E-state index is 0.120. The van der Waals surface area contributed by atoms with Crippen molar-refractivity contribution in [3.05, 3.63) is 36.0 Å². The molecule has 0 saturated carbocycles. The average molecular weight is 272 g/mol. The monoisotopic (exact) mass is 272 g/mol. The van der Waals surface area contributed by atoms with Crippen LogP contribution in [-0.2, 0) is 0 Å². The van der Waals surface area contributed by atoms with E-state index in [1.807, 2.05) is 24.3 Å². The van der Waals surface area contributed by atoms with Crippen molar-refractivity contribution in [1.29, 1.82) is 0 Å². The molecule has 1 heterocycles. The predicted octanol–water partition coefficient (Wildman–Crippen LogP) is 2.77. The van der Waals surface area contributed by atoms with Crippen LogP contribution in [-0.4, -0.2) is 42.4 Å². The topological polar surface area (TPSA) is 42.4 Å². The van der Waals surface area contributed by atoms with Crippen molar-refractivity contribution in [2.24, 2.45) is 0 Å². The molecule has 0 N–H and O–H groups in total. The van der Waals surface area contributed by atoms with E-state index >= 15 is 0 Å². The molecule has 0 fully saturated rings. The van der Waals surface area contributed by atoms with Gasteiger partial charge in [0.25, 0.3) is 0 Å². The fraction of sp³-hybridized carbons (Fsp3) is 0.375. The molecule has 0 aliphatic rings. The number of hydrogen-bond acceptors (Lipinski definition) is 4. The van der Waals surface area contributed by atoms with E-state index < -0.39 is 0 Å². The number of fused-ring (bicyclic) bond motifs is 1. The highest BCUT2D eigenvalue weighted by Gasteiger charge is 2.15. The Labute approximate surface area is 119 Å². The summed E-state index contributed by atoms with van der Waals surface area (Å²) in [6.45, 7) is 6.29. The fourth-order valence-electron chi connectivity index (χ4n) is 2.29. The molecule has 0 unspecified atom stereocenters. The summed E-state index contributed by atoms with van der Waals surface area (Å²) < 4.78 is 5.30. The Hall–Kier alpha value is -1.94. The normalized spacial score (nSPS) is 11.0. The number of ketones is 1. The maximum Gasteiger partial charge on any atom is 0.177 e. The van der Waals surface area contributed by atoms with Crippen LogP contribution in [0.2, 0.25) is 0 Å². The van der Waals surface area contributed by atoms with Crippen LogP contribution in [0.15, 0.2) is 30.5 Å². The second-order valence-electron chi connectivity index (χ2n) is 4.60. The van der Waals surface area contributed by atoms with E-state index in [0.717, 1.165) is 24.0 Å². The number of nitrogens with zero attached hydrogens (tertiary/aromatic N) is 2. The molecule has 0 aliphatic carbocycles. The third-order valence-corrected chi connectivity index (χ3v) is 3.51. The summed E-state index contributed by atoms with van der Waals surface area (Å²) >= 11 is 0. The molecule has 0 spiro atoms. The quantitative estimate of drug-likeness (QED) is 0.758. The number of rotatable bonds is 6. The third-order valence-electron chi connectivity index (χ3n) is 3.51. The van der Waals surface area contributed by atoms with Gasteiger partial charge < -0.3 is 4.74 Å². The number of pyridine rings is 1. The molecule has 1 aromatic heterocycles. The first kappa shape index (κ1) is 14.5. The fourth-order valence-corrected chi connectivity index (χ4v) is 2.29. The summed E-state index contributed by atoms with van der Waals surface area (Å²) in [7, 11) is 1.61. The molecule has 106 valence electrons. The molecule has 0 radical (unpaired) electrons. The van der Waals surface area contributed by atoms with Crippen molar-refractivity contribution in [3.63, 3.8) is 0 Å². The van der Waals surface area contributed by atoms with E-state index in [1.165, 1.54) is 0 Å². The van der Waals surface area contributed by atoms with Crippen molar-refractivity contribution >= 4 is 16.7 Å². The van der Waals surface area contributed by atoms with Crippen LogP contribution in [0.1, 0.15) is 24.2 Å². The number of aromatic nitrogens is 1. The summed E-state index contributed by atoms with van der Waals surface area (Å²) in [5.74, 6) is 0.814. The number of hydrogen-bond donors (Lipinski definition) is 0. The largest absolute Gasteiger partial charge is 0.494 e. The van der Waals surface area contributed by atoms with Crippen LogP contribution >= 0.6 is 0 Å². The average Bonchev–Trinajstić information content (AvgIpc) is 2.51. The predicted molar refractivity (Wildman–Crippen MR) is 80.4 cm³/mol. The molecule has 2 rings (SSSR count). The van der Waals surface area contributed by atoms with E-state index in [9.17, 15) is 4.79 Å². The second kappa shape index (κ2) is 6.48. The van der Waals surface area contributed by atoms with Crippen molar-refractivity contribution in [3.8, 4) is 5.75 Å². The van der Waals surface area contributed by atoms with Gasteiger partial charge in [0, 0.05) is 17.1 Å². The van der Waals surface area contributed by atoms with Crippen LogP contribution in [0, 0.1) is 0 Å². The first-order valence-corrected chi connectivity index (χ1v) is 6.88. The Morgan fingerprint density at radius 3 is 2.65 bits per heavy atom. The van der Waals surface area contributed by atoms with Gasteiger partial charge in [0.15, 0.2) is 5.78 Å². The molecule has 4 heteroatoms. The van der Waals surface area contributed by atoms with Gasteiger partial charge in [-0.2, -0.15) is 0 Å². The van der Waals surface area contributed by atoms with Crippen molar-refractivity contribution in [2.75, 3.05) is 26.7 Å². The third kappa shape index (κ3) is 2.80. The molecule has 0 atom stereocenters. The van der Waals surface area contributed by atoms with Gasteiger partial charge in [-0.1, -0.05) is 19.9 Å².